The number of nitriles is 1. The minimum Gasteiger partial charge on any atom is -0.360 e. The van der Waals surface area contributed by atoms with Crippen LogP contribution in [0.1, 0.15) is 16.7 Å². The number of anilines is 1. The van der Waals surface area contributed by atoms with E-state index in [9.17, 15) is 34.8 Å². The van der Waals surface area contributed by atoms with Crippen LogP contribution in [0, 0.1) is 18.3 Å². The quantitative estimate of drug-likeness (QED) is 0.525. The Kier molecular flexibility index (Phi) is 5.99. The molecular formula is C18H12F6N2O2S. The molecule has 0 aliphatic rings. The summed E-state index contributed by atoms with van der Waals surface area (Å²) in [5.41, 5.74) is -3.10. The van der Waals surface area contributed by atoms with Gasteiger partial charge in [0.1, 0.15) is 6.07 Å². The lowest BCUT2D eigenvalue weighted by atomic mass is 10.1. The number of nitrogens with one attached hydrogen (secondary N) is 1. The van der Waals surface area contributed by atoms with Crippen molar-refractivity contribution in [2.75, 3.05) is 5.32 Å². The zero-order valence-corrected chi connectivity index (χ0v) is 15.4. The summed E-state index contributed by atoms with van der Waals surface area (Å²) in [4.78, 5) is -1.13. The Hall–Kier alpha value is -3.00. The molecule has 2 aromatic rings. The number of hydrogen-bond donors (Lipinski definition) is 1. The van der Waals surface area contributed by atoms with Gasteiger partial charge in [-0.1, -0.05) is 17.7 Å². The lowest BCUT2D eigenvalue weighted by Gasteiger charge is -2.14. The zero-order valence-electron chi connectivity index (χ0n) is 14.6. The predicted molar refractivity (Wildman–Crippen MR) is 92.1 cm³/mol. The summed E-state index contributed by atoms with van der Waals surface area (Å²) >= 11 is 0. The smallest absolute Gasteiger partial charge is 0.360 e. The summed E-state index contributed by atoms with van der Waals surface area (Å²) in [6.07, 6.45) is -9.58. The molecule has 2 rings (SSSR count). The highest BCUT2D eigenvalue weighted by Gasteiger charge is 2.37. The second kappa shape index (κ2) is 7.79. The molecule has 2 aromatic carbocycles. The molecule has 1 N–H and O–H groups in total. The molecule has 0 amide bonds. The van der Waals surface area contributed by atoms with Gasteiger partial charge >= 0.3 is 12.4 Å². The van der Waals surface area contributed by atoms with Gasteiger partial charge < -0.3 is 5.32 Å². The minimum absolute atomic E-state index is 0.0663. The monoisotopic (exact) mass is 434 g/mol. The highest BCUT2D eigenvalue weighted by Crippen LogP contribution is 2.37. The molecule has 0 bridgehead atoms. The summed E-state index contributed by atoms with van der Waals surface area (Å²) in [5.74, 6) is 0. The van der Waals surface area contributed by atoms with Crippen LogP contribution in [0.15, 0.2) is 58.5 Å². The third-order valence-corrected chi connectivity index (χ3v) is 5.37. The van der Waals surface area contributed by atoms with E-state index >= 15 is 0 Å². The number of allylic oxidation sites excluding steroid dienone is 1. The van der Waals surface area contributed by atoms with Crippen molar-refractivity contribution < 1.29 is 34.8 Å². The topological polar surface area (TPSA) is 70.0 Å². The van der Waals surface area contributed by atoms with Crippen LogP contribution in [0.25, 0.3) is 0 Å². The van der Waals surface area contributed by atoms with Crippen molar-refractivity contribution in [2.45, 2.75) is 24.2 Å². The van der Waals surface area contributed by atoms with E-state index in [1.165, 1.54) is 30.3 Å². The van der Waals surface area contributed by atoms with Crippen molar-refractivity contribution in [1.29, 1.82) is 5.26 Å². The molecule has 11 heteroatoms. The maximum Gasteiger partial charge on any atom is 0.416 e. The fourth-order valence-corrected chi connectivity index (χ4v) is 3.28. The Labute approximate surface area is 162 Å². The number of aryl methyl sites for hydroxylation is 1. The maximum atomic E-state index is 12.9. The molecular weight excluding hydrogens is 422 g/mol. The number of rotatable bonds is 4. The molecule has 0 unspecified atom stereocenters. The molecule has 154 valence electrons. The molecule has 0 fully saturated rings. The first-order chi connectivity index (χ1) is 13.2. The summed E-state index contributed by atoms with van der Waals surface area (Å²) in [7, 11) is -4.32. The van der Waals surface area contributed by atoms with Gasteiger partial charge in [0.05, 0.1) is 16.0 Å². The maximum absolute atomic E-state index is 12.9. The van der Waals surface area contributed by atoms with Gasteiger partial charge in [-0.05, 0) is 37.3 Å². The van der Waals surface area contributed by atoms with Crippen LogP contribution in [0.2, 0.25) is 0 Å². The van der Waals surface area contributed by atoms with Crippen LogP contribution < -0.4 is 5.32 Å². The first kappa shape index (κ1) is 22.3. The Morgan fingerprint density at radius 2 is 1.45 bits per heavy atom. The van der Waals surface area contributed by atoms with Gasteiger partial charge in [-0.2, -0.15) is 31.6 Å². The van der Waals surface area contributed by atoms with Gasteiger partial charge in [-0.15, -0.1) is 0 Å². The largest absolute Gasteiger partial charge is 0.416 e. The zero-order chi connectivity index (χ0) is 22.0. The van der Waals surface area contributed by atoms with Crippen molar-refractivity contribution in [3.8, 4) is 6.07 Å². The van der Waals surface area contributed by atoms with Gasteiger partial charge in [0, 0.05) is 11.9 Å². The molecule has 4 nitrogen and oxygen atoms in total. The second-order valence-electron chi connectivity index (χ2n) is 5.88. The fourth-order valence-electron chi connectivity index (χ4n) is 2.20. The van der Waals surface area contributed by atoms with Crippen LogP contribution in [0.4, 0.5) is 32.0 Å². The fraction of sp³-hybridized carbons (Fsp3) is 0.167. The summed E-state index contributed by atoms with van der Waals surface area (Å²) in [6.45, 7) is 1.70. The van der Waals surface area contributed by atoms with Gasteiger partial charge in [0.25, 0.3) is 0 Å². The molecule has 0 aliphatic heterocycles. The lowest BCUT2D eigenvalue weighted by Crippen LogP contribution is -2.12. The molecule has 0 heterocycles. The van der Waals surface area contributed by atoms with Gasteiger partial charge in [0.2, 0.25) is 9.84 Å². The van der Waals surface area contributed by atoms with E-state index in [2.05, 4.69) is 0 Å². The molecule has 0 saturated carbocycles. The van der Waals surface area contributed by atoms with Gasteiger partial charge in [-0.25, -0.2) is 8.42 Å². The van der Waals surface area contributed by atoms with Crippen LogP contribution in [0.3, 0.4) is 0 Å². The average molecular weight is 434 g/mol. The molecule has 0 saturated heterocycles. The van der Waals surface area contributed by atoms with E-state index in [4.69, 9.17) is 5.26 Å². The van der Waals surface area contributed by atoms with E-state index in [-0.39, 0.29) is 11.0 Å². The summed E-state index contributed by atoms with van der Waals surface area (Å²) in [6, 6.07) is 7.45. The van der Waals surface area contributed by atoms with E-state index in [0.29, 0.717) is 18.3 Å². The third kappa shape index (κ3) is 5.29. The molecule has 0 aromatic heterocycles. The van der Waals surface area contributed by atoms with Crippen molar-refractivity contribution in [1.82, 2.24) is 0 Å². The molecule has 29 heavy (non-hydrogen) atoms. The number of sulfone groups is 1. The van der Waals surface area contributed by atoms with Crippen molar-refractivity contribution in [2.24, 2.45) is 0 Å². The predicted octanol–water partition coefficient (Wildman–Crippen LogP) is 5.28. The number of halogens is 6. The van der Waals surface area contributed by atoms with Crippen LogP contribution >= 0.6 is 0 Å². The van der Waals surface area contributed by atoms with Crippen molar-refractivity contribution in [3.63, 3.8) is 0 Å². The van der Waals surface area contributed by atoms with Crippen LogP contribution in [-0.2, 0) is 22.2 Å². The standard InChI is InChI=1S/C18H12F6N2O2S/c1-11-2-4-15(5-3-11)29(27,28)16(9-25)10-26-14-7-12(17(19,20)21)6-13(8-14)18(22,23)24/h2-8,10,26H,1H3/b16-10-. The molecule has 0 spiro atoms. The molecule has 0 aliphatic carbocycles. The van der Waals surface area contributed by atoms with E-state index in [1.807, 2.05) is 5.32 Å². The first-order valence-electron chi connectivity index (χ1n) is 7.73. The Bertz CT molecular complexity index is 1050. The summed E-state index contributed by atoms with van der Waals surface area (Å²) in [5, 5.41) is 11.2. The minimum atomic E-state index is -5.06. The number of benzene rings is 2. The lowest BCUT2D eigenvalue weighted by molar-refractivity contribution is -0.143. The second-order valence-corrected chi connectivity index (χ2v) is 7.79. The van der Waals surface area contributed by atoms with E-state index in [1.54, 1.807) is 6.92 Å². The number of nitrogens with zero attached hydrogens (tertiary/aromatic N) is 1. The Morgan fingerprint density at radius 1 is 0.966 bits per heavy atom. The van der Waals surface area contributed by atoms with E-state index in [0.717, 1.165) is 5.56 Å². The normalized spacial score (nSPS) is 13.1. The Morgan fingerprint density at radius 3 is 1.86 bits per heavy atom. The SMILES string of the molecule is Cc1ccc(S(=O)(=O)/C(C#N)=C\Nc2cc(C(F)(F)F)cc(C(F)(F)F)c2)cc1. The van der Waals surface area contributed by atoms with Gasteiger partial charge in [0.15, 0.2) is 4.91 Å². The van der Waals surface area contributed by atoms with Crippen LogP contribution in [-0.4, -0.2) is 8.42 Å². The Balaban J connectivity index is 2.47. The number of hydrogen-bond acceptors (Lipinski definition) is 4. The number of alkyl halides is 6. The van der Waals surface area contributed by atoms with Crippen molar-refractivity contribution in [3.05, 3.63) is 70.3 Å². The summed E-state index contributed by atoms with van der Waals surface area (Å²) < 4.78 is 102. The first-order valence-corrected chi connectivity index (χ1v) is 9.21. The highest BCUT2D eigenvalue weighted by atomic mass is 32.2. The van der Waals surface area contributed by atoms with Gasteiger partial charge in [-0.3, -0.25) is 0 Å². The highest BCUT2D eigenvalue weighted by molar-refractivity contribution is 7.95. The van der Waals surface area contributed by atoms with E-state index < -0.39 is 43.9 Å². The van der Waals surface area contributed by atoms with Crippen molar-refractivity contribution >= 4 is 15.5 Å². The average Bonchev–Trinajstić information content (AvgIpc) is 2.60. The molecule has 0 radical (unpaired) electrons. The van der Waals surface area contributed by atoms with Crippen LogP contribution in [0.5, 0.6) is 0 Å². The third-order valence-electron chi connectivity index (χ3n) is 3.69. The molecule has 0 atom stereocenters.